The lowest BCUT2D eigenvalue weighted by atomic mass is 10.1. The summed E-state index contributed by atoms with van der Waals surface area (Å²) < 4.78 is 46.6. The fraction of sp³-hybridized carbons (Fsp3) is 0.120. The lowest BCUT2D eigenvalue weighted by Gasteiger charge is -2.13. The van der Waals surface area contributed by atoms with Gasteiger partial charge < -0.3 is 9.30 Å². The summed E-state index contributed by atoms with van der Waals surface area (Å²) in [6.07, 6.45) is 2.32. The molecule has 0 fully saturated rings. The zero-order valence-electron chi connectivity index (χ0n) is 18.0. The topological polar surface area (TPSA) is 54.0 Å². The van der Waals surface area contributed by atoms with E-state index in [1.165, 1.54) is 28.8 Å². The van der Waals surface area contributed by atoms with Crippen molar-refractivity contribution in [2.24, 2.45) is 7.05 Å². The van der Waals surface area contributed by atoms with Crippen molar-refractivity contribution in [2.45, 2.75) is 12.9 Å². The van der Waals surface area contributed by atoms with Crippen LogP contribution in [0.3, 0.4) is 0 Å². The van der Waals surface area contributed by atoms with Crippen molar-refractivity contribution in [3.63, 3.8) is 0 Å². The predicted molar refractivity (Wildman–Crippen MR) is 122 cm³/mol. The second kappa shape index (κ2) is 8.26. The summed E-state index contributed by atoms with van der Waals surface area (Å²) in [6.45, 7) is 0.494. The monoisotopic (exact) mass is 464 g/mol. The van der Waals surface area contributed by atoms with Crippen LogP contribution in [0.4, 0.5) is 13.2 Å². The molecule has 0 aliphatic carbocycles. The number of hydrogen-bond acceptors (Lipinski definition) is 3. The number of fused-ring (bicyclic) bond motifs is 1. The molecule has 0 radical (unpaired) electrons. The van der Waals surface area contributed by atoms with Crippen molar-refractivity contribution >= 4 is 10.9 Å². The molecule has 0 bridgehead atoms. The Labute approximate surface area is 192 Å². The Morgan fingerprint density at radius 1 is 0.971 bits per heavy atom. The van der Waals surface area contributed by atoms with Gasteiger partial charge >= 0.3 is 6.36 Å². The molecule has 0 N–H and O–H groups in total. The zero-order valence-corrected chi connectivity index (χ0v) is 18.0. The van der Waals surface area contributed by atoms with E-state index in [2.05, 4.69) is 9.84 Å². The summed E-state index contributed by atoms with van der Waals surface area (Å²) in [5.74, 6) is -0.356. The van der Waals surface area contributed by atoms with Gasteiger partial charge in [-0.3, -0.25) is 14.0 Å². The van der Waals surface area contributed by atoms with Gasteiger partial charge in [0.2, 0.25) is 0 Å². The minimum absolute atomic E-state index is 0.284. The Morgan fingerprint density at radius 3 is 2.35 bits per heavy atom. The lowest BCUT2D eigenvalue weighted by Crippen LogP contribution is -2.21. The van der Waals surface area contributed by atoms with Gasteiger partial charge in [0.05, 0.1) is 6.20 Å². The average molecular weight is 464 g/mol. The maximum absolute atomic E-state index is 13.6. The molecule has 6 nitrogen and oxygen atoms in total. The number of alkyl halides is 3. The summed E-state index contributed by atoms with van der Waals surface area (Å²) in [7, 11) is 1.80. The normalized spacial score (nSPS) is 11.8. The molecule has 0 aliphatic rings. The highest BCUT2D eigenvalue weighted by molar-refractivity contribution is 5.94. The van der Waals surface area contributed by atoms with E-state index in [4.69, 9.17) is 0 Å². The van der Waals surface area contributed by atoms with Crippen molar-refractivity contribution in [1.82, 2.24) is 18.9 Å². The first-order valence-corrected chi connectivity index (χ1v) is 10.4. The second-order valence-electron chi connectivity index (χ2n) is 7.85. The number of rotatable bonds is 5. The largest absolute Gasteiger partial charge is 0.573 e. The molecule has 0 saturated heterocycles. The number of pyridine rings is 1. The van der Waals surface area contributed by atoms with Crippen molar-refractivity contribution in [1.29, 1.82) is 0 Å². The van der Waals surface area contributed by atoms with Crippen molar-refractivity contribution < 1.29 is 17.9 Å². The Kier molecular flexibility index (Phi) is 5.24. The zero-order chi connectivity index (χ0) is 23.9. The molecule has 9 heteroatoms. The highest BCUT2D eigenvalue weighted by atomic mass is 19.4. The molecule has 0 amide bonds. The van der Waals surface area contributed by atoms with Crippen LogP contribution in [0.1, 0.15) is 5.56 Å². The van der Waals surface area contributed by atoms with Gasteiger partial charge in [-0.2, -0.15) is 5.10 Å². The molecule has 3 aromatic heterocycles. The second-order valence-corrected chi connectivity index (χ2v) is 7.85. The molecule has 172 valence electrons. The Hall–Kier alpha value is -4.27. The van der Waals surface area contributed by atoms with Crippen LogP contribution in [0, 0.1) is 0 Å². The van der Waals surface area contributed by atoms with Crippen LogP contribution in [0.15, 0.2) is 90.2 Å². The number of hydrogen-bond donors (Lipinski definition) is 0. The van der Waals surface area contributed by atoms with E-state index in [-0.39, 0.29) is 11.3 Å². The summed E-state index contributed by atoms with van der Waals surface area (Å²) in [6, 6.07) is 16.9. The summed E-state index contributed by atoms with van der Waals surface area (Å²) in [5, 5.41) is 5.01. The highest BCUT2D eigenvalue weighted by Gasteiger charge is 2.31. The average Bonchev–Trinajstić information content (AvgIpc) is 3.41. The summed E-state index contributed by atoms with van der Waals surface area (Å²) >= 11 is 0. The smallest absolute Gasteiger partial charge is 0.406 e. The maximum Gasteiger partial charge on any atom is 0.573 e. The van der Waals surface area contributed by atoms with E-state index in [1.54, 1.807) is 24.1 Å². The molecule has 0 spiro atoms. The van der Waals surface area contributed by atoms with Gasteiger partial charge in [0.15, 0.2) is 0 Å². The summed E-state index contributed by atoms with van der Waals surface area (Å²) in [4.78, 5) is 13.6. The lowest BCUT2D eigenvalue weighted by molar-refractivity contribution is -0.274. The minimum Gasteiger partial charge on any atom is -0.406 e. The molecular formula is C25H19F3N4O2. The molecule has 0 saturated carbocycles. The fourth-order valence-corrected chi connectivity index (χ4v) is 4.00. The molecule has 0 atom stereocenters. The fourth-order valence-electron chi connectivity index (χ4n) is 4.00. The van der Waals surface area contributed by atoms with Gasteiger partial charge in [0.1, 0.15) is 11.3 Å². The van der Waals surface area contributed by atoms with E-state index in [0.717, 1.165) is 22.1 Å². The Morgan fingerprint density at radius 2 is 1.71 bits per heavy atom. The Balaban J connectivity index is 1.68. The van der Waals surface area contributed by atoms with E-state index in [1.807, 2.05) is 53.4 Å². The predicted octanol–water partition coefficient (Wildman–Crippen LogP) is 5.14. The van der Waals surface area contributed by atoms with Crippen LogP contribution in [0.25, 0.3) is 27.7 Å². The van der Waals surface area contributed by atoms with Crippen LogP contribution >= 0.6 is 0 Å². The standard InChI is InChI=1S/C25H19F3N4O2/c1-30-15-18(13-29-30)22-16-32(19-7-9-20(10-8-19)34-25(26,27)28)24(33)23-21(22)11-12-31(23)14-17-5-3-2-4-6-17/h2-13,15-16H,14H2,1H3. The number of aromatic nitrogens is 4. The molecule has 3 heterocycles. The van der Waals surface area contributed by atoms with E-state index >= 15 is 0 Å². The van der Waals surface area contributed by atoms with Gasteiger partial charge in [0, 0.05) is 54.4 Å². The molecule has 5 rings (SSSR count). The first-order valence-electron chi connectivity index (χ1n) is 10.4. The first kappa shape index (κ1) is 21.6. The van der Waals surface area contributed by atoms with E-state index in [0.29, 0.717) is 17.7 Å². The van der Waals surface area contributed by atoms with E-state index in [9.17, 15) is 18.0 Å². The maximum atomic E-state index is 13.6. The molecule has 5 aromatic rings. The quantitative estimate of drug-likeness (QED) is 0.362. The molecule has 0 aliphatic heterocycles. The van der Waals surface area contributed by atoms with Crippen molar-refractivity contribution in [3.05, 3.63) is 101 Å². The van der Waals surface area contributed by atoms with Gasteiger partial charge in [-0.15, -0.1) is 13.2 Å². The van der Waals surface area contributed by atoms with Crippen LogP contribution in [0.5, 0.6) is 5.75 Å². The van der Waals surface area contributed by atoms with Crippen LogP contribution < -0.4 is 10.3 Å². The van der Waals surface area contributed by atoms with Crippen LogP contribution in [-0.4, -0.2) is 25.3 Å². The Bertz CT molecular complexity index is 1510. The molecule has 34 heavy (non-hydrogen) atoms. The highest BCUT2D eigenvalue weighted by Crippen LogP contribution is 2.29. The SMILES string of the molecule is Cn1cc(-c2cn(-c3ccc(OC(F)(F)F)cc3)c(=O)c3c2ccn3Cc2ccccc2)cn1. The third kappa shape index (κ3) is 4.19. The third-order valence-corrected chi connectivity index (χ3v) is 5.49. The van der Waals surface area contributed by atoms with Gasteiger partial charge in [-0.25, -0.2) is 0 Å². The van der Waals surface area contributed by atoms with Crippen LogP contribution in [-0.2, 0) is 13.6 Å². The van der Waals surface area contributed by atoms with E-state index < -0.39 is 6.36 Å². The molecular weight excluding hydrogens is 445 g/mol. The van der Waals surface area contributed by atoms with Gasteiger partial charge in [0.25, 0.3) is 5.56 Å². The van der Waals surface area contributed by atoms with Crippen molar-refractivity contribution in [2.75, 3.05) is 0 Å². The van der Waals surface area contributed by atoms with Gasteiger partial charge in [-0.05, 0) is 35.9 Å². The number of nitrogens with zero attached hydrogens (tertiary/aromatic N) is 4. The molecule has 0 unspecified atom stereocenters. The van der Waals surface area contributed by atoms with Crippen LogP contribution in [0.2, 0.25) is 0 Å². The first-order chi connectivity index (χ1) is 16.3. The molecule has 2 aromatic carbocycles. The third-order valence-electron chi connectivity index (χ3n) is 5.49. The van der Waals surface area contributed by atoms with Crippen molar-refractivity contribution in [3.8, 4) is 22.6 Å². The number of ether oxygens (including phenoxy) is 1. The number of aryl methyl sites for hydroxylation is 1. The van der Waals surface area contributed by atoms with Gasteiger partial charge in [-0.1, -0.05) is 30.3 Å². The minimum atomic E-state index is -4.79. The summed E-state index contributed by atoms with van der Waals surface area (Å²) in [5.41, 5.74) is 3.25. The number of benzene rings is 2. The number of halogens is 3.